The Morgan fingerprint density at radius 1 is 1.16 bits per heavy atom. The van der Waals surface area contributed by atoms with E-state index in [1.807, 2.05) is 18.3 Å². The van der Waals surface area contributed by atoms with E-state index in [1.165, 1.54) is 4.88 Å². The minimum Gasteiger partial charge on any atom is -0.317 e. The van der Waals surface area contributed by atoms with Crippen LogP contribution in [0.5, 0.6) is 0 Å². The average Bonchev–Trinajstić information content (AvgIpc) is 3.35. The molecule has 0 radical (unpaired) electrons. The van der Waals surface area contributed by atoms with Gasteiger partial charge in [0, 0.05) is 22.3 Å². The zero-order valence-electron chi connectivity index (χ0n) is 13.6. The van der Waals surface area contributed by atoms with Crippen LogP contribution < -0.4 is 10.6 Å². The quantitative estimate of drug-likeness (QED) is 0.752. The molecule has 1 saturated heterocycles. The third kappa shape index (κ3) is 3.59. The number of piperidine rings is 1. The van der Waals surface area contributed by atoms with Crippen LogP contribution in [0.3, 0.4) is 0 Å². The Morgan fingerprint density at radius 3 is 2.60 bits per heavy atom. The number of nitrogens with zero attached hydrogens (tertiary/aromatic N) is 4. The molecule has 0 spiro atoms. The van der Waals surface area contributed by atoms with Gasteiger partial charge in [0.2, 0.25) is 0 Å². The van der Waals surface area contributed by atoms with Crippen molar-refractivity contribution in [3.63, 3.8) is 0 Å². The summed E-state index contributed by atoms with van der Waals surface area (Å²) < 4.78 is 1.79. The Bertz CT molecular complexity index is 836. The number of rotatable bonds is 4. The number of hydrogen-bond acceptors (Lipinski definition) is 6. The Labute approximate surface area is 149 Å². The molecular formula is C17H18N6OS. The maximum Gasteiger partial charge on any atom is 0.257 e. The summed E-state index contributed by atoms with van der Waals surface area (Å²) in [5.41, 5.74) is 1.50. The Balaban J connectivity index is 1.42. The van der Waals surface area contributed by atoms with E-state index in [4.69, 9.17) is 0 Å². The number of anilines is 1. The standard InChI is InChI=1S/C17H18N6OS/c24-16(13-1-3-14(4-2-13)23-10-20-21-11-23)22-17-19-9-15(25-17)12-5-7-18-8-6-12/h1-4,9-12,18H,5-8H2,(H,19,22,24). The van der Waals surface area contributed by atoms with Crippen molar-refractivity contribution < 1.29 is 4.79 Å². The molecule has 2 N–H and O–H groups in total. The molecule has 0 aliphatic carbocycles. The predicted octanol–water partition coefficient (Wildman–Crippen LogP) is 2.44. The number of amides is 1. The lowest BCUT2D eigenvalue weighted by atomic mass is 9.97. The monoisotopic (exact) mass is 354 g/mol. The van der Waals surface area contributed by atoms with Crippen molar-refractivity contribution in [2.24, 2.45) is 0 Å². The Morgan fingerprint density at radius 2 is 1.88 bits per heavy atom. The van der Waals surface area contributed by atoms with E-state index in [0.717, 1.165) is 31.6 Å². The molecular weight excluding hydrogens is 336 g/mol. The summed E-state index contributed by atoms with van der Waals surface area (Å²) in [4.78, 5) is 18.0. The molecule has 1 aliphatic rings. The van der Waals surface area contributed by atoms with Crippen LogP contribution in [0.25, 0.3) is 5.69 Å². The third-order valence-electron chi connectivity index (χ3n) is 4.33. The first-order valence-electron chi connectivity index (χ1n) is 8.22. The van der Waals surface area contributed by atoms with Crippen molar-refractivity contribution in [3.8, 4) is 5.69 Å². The molecule has 3 heterocycles. The minimum absolute atomic E-state index is 0.151. The lowest BCUT2D eigenvalue weighted by Gasteiger charge is -2.20. The second-order valence-corrected chi connectivity index (χ2v) is 7.02. The van der Waals surface area contributed by atoms with Gasteiger partial charge in [-0.2, -0.15) is 0 Å². The maximum absolute atomic E-state index is 12.4. The van der Waals surface area contributed by atoms with Crippen LogP contribution in [-0.4, -0.2) is 38.7 Å². The number of thiazole rings is 1. The van der Waals surface area contributed by atoms with Gasteiger partial charge in [0.05, 0.1) is 0 Å². The molecule has 0 bridgehead atoms. The summed E-state index contributed by atoms with van der Waals surface area (Å²) in [6.45, 7) is 2.09. The lowest BCUT2D eigenvalue weighted by Crippen LogP contribution is -2.26. The van der Waals surface area contributed by atoms with E-state index in [2.05, 4.69) is 25.8 Å². The fraction of sp³-hybridized carbons (Fsp3) is 0.294. The molecule has 25 heavy (non-hydrogen) atoms. The molecule has 8 heteroatoms. The van der Waals surface area contributed by atoms with Crippen molar-refractivity contribution >= 4 is 22.4 Å². The molecule has 0 unspecified atom stereocenters. The first-order chi connectivity index (χ1) is 12.3. The second-order valence-electron chi connectivity index (χ2n) is 5.96. The highest BCUT2D eigenvalue weighted by atomic mass is 32.1. The van der Waals surface area contributed by atoms with Crippen molar-refractivity contribution in [2.45, 2.75) is 18.8 Å². The zero-order chi connectivity index (χ0) is 17.1. The molecule has 128 valence electrons. The lowest BCUT2D eigenvalue weighted by molar-refractivity contribution is 0.102. The van der Waals surface area contributed by atoms with Crippen molar-refractivity contribution in [3.05, 3.63) is 53.6 Å². The predicted molar refractivity (Wildman–Crippen MR) is 96.3 cm³/mol. The topological polar surface area (TPSA) is 84.7 Å². The molecule has 1 aromatic carbocycles. The number of benzene rings is 1. The Kier molecular flexibility index (Phi) is 4.53. The van der Waals surface area contributed by atoms with Gasteiger partial charge in [0.25, 0.3) is 5.91 Å². The van der Waals surface area contributed by atoms with Gasteiger partial charge in [-0.15, -0.1) is 21.5 Å². The normalized spacial score (nSPS) is 15.2. The largest absolute Gasteiger partial charge is 0.317 e. The second kappa shape index (κ2) is 7.12. The zero-order valence-corrected chi connectivity index (χ0v) is 14.4. The number of carbonyl (C=O) groups excluding carboxylic acids is 1. The summed E-state index contributed by atoms with van der Waals surface area (Å²) in [5.74, 6) is 0.397. The van der Waals surface area contributed by atoms with Crippen LogP contribution in [0.15, 0.2) is 43.1 Å². The van der Waals surface area contributed by atoms with E-state index in [0.29, 0.717) is 16.6 Å². The van der Waals surface area contributed by atoms with Gasteiger partial charge in [-0.05, 0) is 56.1 Å². The third-order valence-corrected chi connectivity index (χ3v) is 5.41. The Hall–Kier alpha value is -2.58. The molecule has 0 saturated carbocycles. The van der Waals surface area contributed by atoms with E-state index < -0.39 is 0 Å². The smallest absolute Gasteiger partial charge is 0.257 e. The molecule has 1 aliphatic heterocycles. The highest BCUT2D eigenvalue weighted by Gasteiger charge is 2.18. The van der Waals surface area contributed by atoms with Crippen molar-refractivity contribution in [1.29, 1.82) is 0 Å². The maximum atomic E-state index is 12.4. The van der Waals surface area contributed by atoms with Crippen molar-refractivity contribution in [1.82, 2.24) is 25.1 Å². The van der Waals surface area contributed by atoms with E-state index in [-0.39, 0.29) is 5.91 Å². The summed E-state index contributed by atoms with van der Waals surface area (Å²) in [6.07, 6.45) is 7.38. The van der Waals surface area contributed by atoms with E-state index >= 15 is 0 Å². The van der Waals surface area contributed by atoms with Crippen LogP contribution in [0.2, 0.25) is 0 Å². The molecule has 3 aromatic rings. The number of aromatic nitrogens is 4. The average molecular weight is 354 g/mol. The van der Waals surface area contributed by atoms with E-state index in [1.54, 1.807) is 40.7 Å². The van der Waals surface area contributed by atoms with Gasteiger partial charge in [-0.3, -0.25) is 14.7 Å². The summed E-state index contributed by atoms with van der Waals surface area (Å²) in [6, 6.07) is 7.29. The van der Waals surface area contributed by atoms with Crippen LogP contribution in [0, 0.1) is 0 Å². The molecule has 1 amide bonds. The first kappa shape index (κ1) is 15.9. The van der Waals surface area contributed by atoms with Gasteiger partial charge < -0.3 is 5.32 Å². The van der Waals surface area contributed by atoms with E-state index in [9.17, 15) is 4.79 Å². The molecule has 4 rings (SSSR count). The molecule has 2 aromatic heterocycles. The SMILES string of the molecule is O=C(Nc1ncc(C2CCNCC2)s1)c1ccc(-n2cnnc2)cc1. The van der Waals surface area contributed by atoms with Gasteiger partial charge in [-0.25, -0.2) is 4.98 Å². The van der Waals surface area contributed by atoms with Gasteiger partial charge in [0.15, 0.2) is 5.13 Å². The molecule has 0 atom stereocenters. The highest BCUT2D eigenvalue weighted by molar-refractivity contribution is 7.15. The number of carbonyl (C=O) groups is 1. The first-order valence-corrected chi connectivity index (χ1v) is 9.04. The summed E-state index contributed by atoms with van der Waals surface area (Å²) in [7, 11) is 0. The fourth-order valence-corrected chi connectivity index (χ4v) is 3.91. The van der Waals surface area contributed by atoms with Crippen LogP contribution in [0.1, 0.15) is 34.0 Å². The fourth-order valence-electron chi connectivity index (χ4n) is 2.93. The number of hydrogen-bond donors (Lipinski definition) is 2. The van der Waals surface area contributed by atoms with Crippen LogP contribution >= 0.6 is 11.3 Å². The van der Waals surface area contributed by atoms with Crippen LogP contribution in [-0.2, 0) is 0 Å². The van der Waals surface area contributed by atoms with Crippen LogP contribution in [0.4, 0.5) is 5.13 Å². The van der Waals surface area contributed by atoms with Crippen molar-refractivity contribution in [2.75, 3.05) is 18.4 Å². The minimum atomic E-state index is -0.151. The van der Waals surface area contributed by atoms with Gasteiger partial charge >= 0.3 is 0 Å². The summed E-state index contributed by atoms with van der Waals surface area (Å²) in [5, 5.41) is 14.5. The molecule has 1 fully saturated rings. The number of nitrogens with one attached hydrogen (secondary N) is 2. The highest BCUT2D eigenvalue weighted by Crippen LogP contribution is 2.31. The summed E-state index contributed by atoms with van der Waals surface area (Å²) >= 11 is 1.57. The van der Waals surface area contributed by atoms with Gasteiger partial charge in [0.1, 0.15) is 12.7 Å². The van der Waals surface area contributed by atoms with Gasteiger partial charge in [-0.1, -0.05) is 0 Å². The molecule has 7 nitrogen and oxygen atoms in total.